The maximum atomic E-state index is 12.0. The number of nitrogens with one attached hydrogen (secondary N) is 1. The molecule has 26 heavy (non-hydrogen) atoms. The molecule has 2 N–H and O–H groups in total. The Hall–Kier alpha value is -0.980. The third kappa shape index (κ3) is 5.05. The normalized spacial score (nSPS) is 19.5. The molecule has 0 unspecified atom stereocenters. The Morgan fingerprint density at radius 2 is 2.19 bits per heavy atom. The van der Waals surface area contributed by atoms with Crippen molar-refractivity contribution in [3.63, 3.8) is 0 Å². The number of methoxy groups -OCH3 is 1. The molecule has 8 heteroatoms. The van der Waals surface area contributed by atoms with E-state index in [9.17, 15) is 9.90 Å². The van der Waals surface area contributed by atoms with Crippen molar-refractivity contribution in [2.24, 2.45) is 0 Å². The molecule has 1 saturated heterocycles. The summed E-state index contributed by atoms with van der Waals surface area (Å²) >= 11 is 6.12. The largest absolute Gasteiger partial charge is 0.465 e. The highest BCUT2D eigenvalue weighted by Gasteiger charge is 2.22. The number of hydrogen-bond donors (Lipinski definition) is 2. The van der Waals surface area contributed by atoms with Crippen LogP contribution in [0, 0.1) is 0 Å². The topological polar surface area (TPSA) is 63.5 Å². The number of esters is 1. The Balaban J connectivity index is 0.00000169. The number of aliphatic hydroxyl groups excluding tert-OH is 1. The van der Waals surface area contributed by atoms with E-state index in [-0.39, 0.29) is 42.9 Å². The number of hydrogen-bond acceptors (Lipinski definition) is 4. The second kappa shape index (κ2) is 10.4. The zero-order chi connectivity index (χ0) is 17.1. The van der Waals surface area contributed by atoms with Crippen molar-refractivity contribution in [2.75, 3.05) is 13.7 Å². The average molecular weight is 424 g/mol. The molecule has 0 amide bonds. The third-order valence-electron chi connectivity index (χ3n) is 4.71. The number of fused-ring (bicyclic) bond motifs is 1. The van der Waals surface area contributed by atoms with Gasteiger partial charge in [0.25, 0.3) is 0 Å². The van der Waals surface area contributed by atoms with E-state index in [1.807, 2.05) is 22.9 Å². The Morgan fingerprint density at radius 1 is 1.42 bits per heavy atom. The van der Waals surface area contributed by atoms with Crippen LogP contribution in [0.15, 0.2) is 24.4 Å². The van der Waals surface area contributed by atoms with Gasteiger partial charge in [-0.25, -0.2) is 4.79 Å². The first-order valence-electron chi connectivity index (χ1n) is 8.38. The molecule has 5 nitrogen and oxygen atoms in total. The number of carbonyl (C=O) groups excluding carboxylic acids is 1. The van der Waals surface area contributed by atoms with Crippen LogP contribution in [-0.2, 0) is 11.3 Å². The lowest BCUT2D eigenvalue weighted by molar-refractivity contribution is 0.0602. The summed E-state index contributed by atoms with van der Waals surface area (Å²) in [6.45, 7) is 1.73. The highest BCUT2D eigenvalue weighted by molar-refractivity contribution is 6.31. The van der Waals surface area contributed by atoms with Gasteiger partial charge in [0.15, 0.2) is 0 Å². The van der Waals surface area contributed by atoms with Crippen LogP contribution < -0.4 is 5.32 Å². The van der Waals surface area contributed by atoms with E-state index >= 15 is 0 Å². The number of halogens is 3. The van der Waals surface area contributed by atoms with Crippen LogP contribution in [0.5, 0.6) is 0 Å². The summed E-state index contributed by atoms with van der Waals surface area (Å²) in [6, 6.07) is 5.66. The zero-order valence-corrected chi connectivity index (χ0v) is 17.0. The molecule has 0 spiro atoms. The summed E-state index contributed by atoms with van der Waals surface area (Å²) in [5, 5.41) is 14.9. The van der Waals surface area contributed by atoms with Crippen molar-refractivity contribution in [1.29, 1.82) is 0 Å². The standard InChI is InChI=1S/C18H23ClN2O3.2ClH/c1-24-18(23)14-11-21(16-10-12(19)6-7-13(14)16)9-3-4-15-17(22)5-2-8-20-15;;/h6-7,10-11,15,17,20,22H,2-5,8-9H2,1H3;2*1H/t15-,17+;;/m1../s1. The van der Waals surface area contributed by atoms with Crippen molar-refractivity contribution < 1.29 is 14.6 Å². The zero-order valence-electron chi connectivity index (χ0n) is 14.6. The lowest BCUT2D eigenvalue weighted by Gasteiger charge is -2.29. The molecular formula is C18H25Cl3N2O3. The Bertz CT molecular complexity index is 736. The van der Waals surface area contributed by atoms with Gasteiger partial charge >= 0.3 is 5.97 Å². The SMILES string of the molecule is COC(=O)c1cn(CCC[C@H]2NCCC[C@@H]2O)c2cc(Cl)ccc12.Cl.Cl. The maximum absolute atomic E-state index is 12.0. The summed E-state index contributed by atoms with van der Waals surface area (Å²) < 4.78 is 6.92. The van der Waals surface area contributed by atoms with E-state index in [1.54, 1.807) is 6.07 Å². The second-order valence-electron chi connectivity index (χ2n) is 6.30. The molecule has 0 aliphatic carbocycles. The van der Waals surface area contributed by atoms with Crippen molar-refractivity contribution in [1.82, 2.24) is 9.88 Å². The van der Waals surface area contributed by atoms with Crippen LogP contribution in [0.4, 0.5) is 0 Å². The molecule has 1 aliphatic rings. The average Bonchev–Trinajstić information content (AvgIpc) is 2.94. The van der Waals surface area contributed by atoms with Crippen LogP contribution in [0.1, 0.15) is 36.0 Å². The maximum Gasteiger partial charge on any atom is 0.340 e. The molecule has 1 aromatic heterocycles. The number of ether oxygens (including phenoxy) is 1. The Morgan fingerprint density at radius 3 is 2.88 bits per heavy atom. The number of aromatic nitrogens is 1. The minimum atomic E-state index is -0.342. The van der Waals surface area contributed by atoms with Gasteiger partial charge < -0.3 is 19.7 Å². The fraction of sp³-hybridized carbons (Fsp3) is 0.500. The number of carbonyl (C=O) groups is 1. The molecule has 0 bridgehead atoms. The van der Waals surface area contributed by atoms with Crippen LogP contribution in [0.3, 0.4) is 0 Å². The lowest BCUT2D eigenvalue weighted by atomic mass is 9.97. The minimum absolute atomic E-state index is 0. The minimum Gasteiger partial charge on any atom is -0.465 e. The van der Waals surface area contributed by atoms with Crippen molar-refractivity contribution in [3.8, 4) is 0 Å². The van der Waals surface area contributed by atoms with Gasteiger partial charge in [-0.3, -0.25) is 0 Å². The number of benzene rings is 1. The summed E-state index contributed by atoms with van der Waals surface area (Å²) in [7, 11) is 1.39. The van der Waals surface area contributed by atoms with Crippen LogP contribution >= 0.6 is 36.4 Å². The van der Waals surface area contributed by atoms with E-state index in [1.165, 1.54) is 7.11 Å². The molecule has 1 aliphatic heterocycles. The van der Waals surface area contributed by atoms with Gasteiger partial charge in [-0.15, -0.1) is 24.8 Å². The first-order chi connectivity index (χ1) is 11.6. The van der Waals surface area contributed by atoms with Crippen molar-refractivity contribution >= 4 is 53.3 Å². The van der Waals surface area contributed by atoms with Crippen LogP contribution in [-0.4, -0.2) is 41.4 Å². The van der Waals surface area contributed by atoms with Gasteiger partial charge in [0.1, 0.15) is 0 Å². The predicted octanol–water partition coefficient (Wildman–Crippen LogP) is 3.82. The summed E-state index contributed by atoms with van der Waals surface area (Å²) in [5.74, 6) is -0.342. The highest BCUT2D eigenvalue weighted by atomic mass is 35.5. The Kier molecular flexibility index (Phi) is 9.21. The van der Waals surface area contributed by atoms with Gasteiger partial charge in [0, 0.05) is 29.2 Å². The van der Waals surface area contributed by atoms with Gasteiger partial charge in [-0.1, -0.05) is 17.7 Å². The molecular weight excluding hydrogens is 399 g/mol. The van der Waals surface area contributed by atoms with E-state index in [0.29, 0.717) is 10.6 Å². The quantitative estimate of drug-likeness (QED) is 0.718. The molecule has 3 rings (SSSR count). The Labute approximate surface area is 170 Å². The van der Waals surface area contributed by atoms with E-state index in [0.717, 1.165) is 49.7 Å². The monoisotopic (exact) mass is 422 g/mol. The molecule has 1 aromatic carbocycles. The van der Waals surface area contributed by atoms with Gasteiger partial charge in [0.2, 0.25) is 0 Å². The number of aliphatic hydroxyl groups is 1. The molecule has 0 radical (unpaired) electrons. The van der Waals surface area contributed by atoms with Crippen LogP contribution in [0.25, 0.3) is 10.9 Å². The van der Waals surface area contributed by atoms with Crippen molar-refractivity contribution in [2.45, 2.75) is 44.4 Å². The highest BCUT2D eigenvalue weighted by Crippen LogP contribution is 2.26. The van der Waals surface area contributed by atoms with Crippen LogP contribution in [0.2, 0.25) is 5.02 Å². The fourth-order valence-electron chi connectivity index (χ4n) is 3.43. The molecule has 0 saturated carbocycles. The summed E-state index contributed by atoms with van der Waals surface area (Å²) in [5.41, 5.74) is 1.49. The third-order valence-corrected chi connectivity index (χ3v) is 4.95. The lowest BCUT2D eigenvalue weighted by Crippen LogP contribution is -2.44. The number of nitrogens with zero attached hydrogens (tertiary/aromatic N) is 1. The number of rotatable bonds is 5. The molecule has 2 aromatic rings. The molecule has 146 valence electrons. The number of piperidine rings is 1. The van der Waals surface area contributed by atoms with E-state index in [2.05, 4.69) is 5.32 Å². The van der Waals surface area contributed by atoms with Gasteiger partial charge in [-0.2, -0.15) is 0 Å². The van der Waals surface area contributed by atoms with Crippen molar-refractivity contribution in [3.05, 3.63) is 35.0 Å². The van der Waals surface area contributed by atoms with Gasteiger partial charge in [0.05, 0.1) is 24.3 Å². The van der Waals surface area contributed by atoms with Gasteiger partial charge in [-0.05, 0) is 44.4 Å². The van der Waals surface area contributed by atoms with E-state index < -0.39 is 0 Å². The molecule has 2 atom stereocenters. The molecule has 1 fully saturated rings. The van der Waals surface area contributed by atoms with E-state index in [4.69, 9.17) is 16.3 Å². The fourth-order valence-corrected chi connectivity index (χ4v) is 3.60. The summed E-state index contributed by atoms with van der Waals surface area (Å²) in [6.07, 6.45) is 5.27. The molecule has 2 heterocycles. The smallest absolute Gasteiger partial charge is 0.340 e. The summed E-state index contributed by atoms with van der Waals surface area (Å²) in [4.78, 5) is 12.0. The second-order valence-corrected chi connectivity index (χ2v) is 6.74. The first kappa shape index (κ1) is 23.1. The first-order valence-corrected chi connectivity index (χ1v) is 8.76. The number of aryl methyl sites for hydroxylation is 1. The predicted molar refractivity (Wildman–Crippen MR) is 109 cm³/mol.